The summed E-state index contributed by atoms with van der Waals surface area (Å²) in [6.45, 7) is 8.95. The zero-order valence-corrected chi connectivity index (χ0v) is 10.1. The lowest BCUT2D eigenvalue weighted by Gasteiger charge is -2.21. The summed E-state index contributed by atoms with van der Waals surface area (Å²) in [6.07, 6.45) is 2.85. The summed E-state index contributed by atoms with van der Waals surface area (Å²) in [7, 11) is 0. The van der Waals surface area contributed by atoms with Crippen LogP contribution in [-0.2, 0) is 13.0 Å². The Morgan fingerprint density at radius 3 is 2.73 bits per heavy atom. The second kappa shape index (κ2) is 4.75. The van der Waals surface area contributed by atoms with Gasteiger partial charge in [0.2, 0.25) is 0 Å². The molecular weight excluding hydrogens is 190 g/mol. The quantitative estimate of drug-likeness (QED) is 0.805. The van der Waals surface area contributed by atoms with E-state index in [-0.39, 0.29) is 0 Å². The third kappa shape index (κ3) is 3.63. The molecule has 0 amide bonds. The van der Waals surface area contributed by atoms with E-state index in [9.17, 15) is 5.11 Å². The second-order valence-corrected chi connectivity index (χ2v) is 4.78. The Labute approximate surface area is 91.3 Å². The predicted octanol–water partition coefficient (Wildman–Crippen LogP) is 1.64. The maximum absolute atomic E-state index is 9.97. The molecule has 1 rings (SSSR count). The zero-order chi connectivity index (χ0) is 11.5. The minimum atomic E-state index is -0.679. The van der Waals surface area contributed by atoms with Crippen molar-refractivity contribution in [2.24, 2.45) is 5.92 Å². The molecule has 4 heteroatoms. The molecule has 0 radical (unpaired) electrons. The van der Waals surface area contributed by atoms with Crippen LogP contribution in [0.2, 0.25) is 0 Å². The molecule has 15 heavy (non-hydrogen) atoms. The van der Waals surface area contributed by atoms with Crippen LogP contribution in [0.5, 0.6) is 0 Å². The summed E-state index contributed by atoms with van der Waals surface area (Å²) < 4.78 is 1.88. The fraction of sp³-hybridized carbons (Fsp3) is 0.818. The van der Waals surface area contributed by atoms with Gasteiger partial charge in [-0.05, 0) is 19.3 Å². The molecule has 1 unspecified atom stereocenters. The van der Waals surface area contributed by atoms with E-state index in [0.29, 0.717) is 12.3 Å². The van der Waals surface area contributed by atoms with Gasteiger partial charge in [-0.3, -0.25) is 0 Å². The van der Waals surface area contributed by atoms with E-state index >= 15 is 0 Å². The van der Waals surface area contributed by atoms with Crippen molar-refractivity contribution in [3.63, 3.8) is 0 Å². The molecule has 1 heterocycles. The second-order valence-electron chi connectivity index (χ2n) is 4.78. The SMILES string of the molecule is CCC(C)(O)Cc1ncnn1CC(C)C. The molecule has 1 aromatic rings. The summed E-state index contributed by atoms with van der Waals surface area (Å²) in [5.74, 6) is 1.41. The third-order valence-corrected chi connectivity index (χ3v) is 2.53. The molecule has 4 nitrogen and oxygen atoms in total. The number of hydrogen-bond donors (Lipinski definition) is 1. The van der Waals surface area contributed by atoms with Crippen LogP contribution in [0.1, 0.15) is 39.9 Å². The van der Waals surface area contributed by atoms with Crippen LogP contribution in [0.3, 0.4) is 0 Å². The Morgan fingerprint density at radius 2 is 2.20 bits per heavy atom. The average molecular weight is 211 g/mol. The molecule has 0 aliphatic carbocycles. The number of hydrogen-bond acceptors (Lipinski definition) is 3. The van der Waals surface area contributed by atoms with E-state index in [1.165, 1.54) is 0 Å². The lowest BCUT2D eigenvalue weighted by Crippen LogP contribution is -2.28. The molecule has 1 aromatic heterocycles. The van der Waals surface area contributed by atoms with Crippen LogP contribution in [0.15, 0.2) is 6.33 Å². The Kier molecular flexibility index (Phi) is 3.85. The van der Waals surface area contributed by atoms with E-state index in [4.69, 9.17) is 0 Å². The van der Waals surface area contributed by atoms with Gasteiger partial charge in [0.15, 0.2) is 0 Å². The molecule has 0 aromatic carbocycles. The van der Waals surface area contributed by atoms with Crippen molar-refractivity contribution >= 4 is 0 Å². The first-order valence-electron chi connectivity index (χ1n) is 5.53. The minimum Gasteiger partial charge on any atom is -0.390 e. The summed E-state index contributed by atoms with van der Waals surface area (Å²) in [4.78, 5) is 4.19. The van der Waals surface area contributed by atoms with Crippen LogP contribution in [0, 0.1) is 5.92 Å². The molecular formula is C11H21N3O. The van der Waals surface area contributed by atoms with E-state index in [1.807, 2.05) is 18.5 Å². The number of aliphatic hydroxyl groups is 1. The van der Waals surface area contributed by atoms with Crippen LogP contribution >= 0.6 is 0 Å². The largest absolute Gasteiger partial charge is 0.390 e. The van der Waals surface area contributed by atoms with Crippen molar-refractivity contribution in [1.29, 1.82) is 0 Å². The van der Waals surface area contributed by atoms with Gasteiger partial charge in [0, 0.05) is 13.0 Å². The normalized spacial score (nSPS) is 15.6. The van der Waals surface area contributed by atoms with Crippen molar-refractivity contribution in [3.8, 4) is 0 Å². The highest BCUT2D eigenvalue weighted by Crippen LogP contribution is 2.15. The van der Waals surface area contributed by atoms with Gasteiger partial charge in [-0.15, -0.1) is 0 Å². The van der Waals surface area contributed by atoms with Crippen molar-refractivity contribution in [2.45, 2.75) is 52.7 Å². The van der Waals surface area contributed by atoms with E-state index < -0.39 is 5.60 Å². The van der Waals surface area contributed by atoms with Crippen molar-refractivity contribution in [3.05, 3.63) is 12.2 Å². The highest BCUT2D eigenvalue weighted by Gasteiger charge is 2.21. The predicted molar refractivity (Wildman–Crippen MR) is 59.5 cm³/mol. The summed E-state index contributed by atoms with van der Waals surface area (Å²) in [5.41, 5.74) is -0.679. The topological polar surface area (TPSA) is 50.9 Å². The number of aromatic nitrogens is 3. The monoisotopic (exact) mass is 211 g/mol. The fourth-order valence-electron chi connectivity index (χ4n) is 1.39. The lowest BCUT2D eigenvalue weighted by atomic mass is 9.99. The van der Waals surface area contributed by atoms with Gasteiger partial charge in [0.25, 0.3) is 0 Å². The smallest absolute Gasteiger partial charge is 0.138 e. The Hall–Kier alpha value is -0.900. The Bertz CT molecular complexity index is 305. The van der Waals surface area contributed by atoms with Gasteiger partial charge in [0.05, 0.1) is 5.60 Å². The van der Waals surface area contributed by atoms with E-state index in [1.54, 1.807) is 6.33 Å². The number of nitrogens with zero attached hydrogens (tertiary/aromatic N) is 3. The van der Waals surface area contributed by atoms with Crippen LogP contribution in [0.25, 0.3) is 0 Å². The van der Waals surface area contributed by atoms with Gasteiger partial charge in [-0.25, -0.2) is 9.67 Å². The molecule has 0 saturated heterocycles. The molecule has 86 valence electrons. The van der Waals surface area contributed by atoms with Crippen molar-refractivity contribution in [1.82, 2.24) is 14.8 Å². The Morgan fingerprint density at radius 1 is 1.53 bits per heavy atom. The van der Waals surface area contributed by atoms with Gasteiger partial charge in [-0.1, -0.05) is 20.8 Å². The van der Waals surface area contributed by atoms with Crippen molar-refractivity contribution in [2.75, 3.05) is 0 Å². The fourth-order valence-corrected chi connectivity index (χ4v) is 1.39. The van der Waals surface area contributed by atoms with E-state index in [2.05, 4.69) is 23.9 Å². The highest BCUT2D eigenvalue weighted by molar-refractivity contribution is 4.92. The lowest BCUT2D eigenvalue weighted by molar-refractivity contribution is 0.0530. The molecule has 1 N–H and O–H groups in total. The average Bonchev–Trinajstić information content (AvgIpc) is 2.51. The first-order valence-corrected chi connectivity index (χ1v) is 5.53. The molecule has 0 aliphatic heterocycles. The zero-order valence-electron chi connectivity index (χ0n) is 10.1. The highest BCUT2D eigenvalue weighted by atomic mass is 16.3. The third-order valence-electron chi connectivity index (χ3n) is 2.53. The van der Waals surface area contributed by atoms with Crippen molar-refractivity contribution < 1.29 is 5.11 Å². The maximum atomic E-state index is 9.97. The summed E-state index contributed by atoms with van der Waals surface area (Å²) in [5, 5.41) is 14.1. The molecule has 1 atom stereocenters. The molecule has 0 bridgehead atoms. The standard InChI is InChI=1S/C11H21N3O/c1-5-11(4,15)6-10-12-8-13-14(10)7-9(2)3/h8-9,15H,5-7H2,1-4H3. The van der Waals surface area contributed by atoms with Gasteiger partial charge < -0.3 is 5.11 Å². The Balaban J connectivity index is 2.73. The van der Waals surface area contributed by atoms with Crippen LogP contribution in [-0.4, -0.2) is 25.5 Å². The molecule has 0 spiro atoms. The molecule has 0 aliphatic rings. The maximum Gasteiger partial charge on any atom is 0.138 e. The first kappa shape index (κ1) is 12.2. The van der Waals surface area contributed by atoms with E-state index in [0.717, 1.165) is 18.8 Å². The number of rotatable bonds is 5. The van der Waals surface area contributed by atoms with Gasteiger partial charge >= 0.3 is 0 Å². The first-order chi connectivity index (χ1) is 6.94. The van der Waals surface area contributed by atoms with Gasteiger partial charge in [-0.2, -0.15) is 5.10 Å². The summed E-state index contributed by atoms with van der Waals surface area (Å²) >= 11 is 0. The van der Waals surface area contributed by atoms with Crippen LogP contribution in [0.4, 0.5) is 0 Å². The molecule has 0 saturated carbocycles. The summed E-state index contributed by atoms with van der Waals surface area (Å²) in [6, 6.07) is 0. The van der Waals surface area contributed by atoms with Crippen LogP contribution < -0.4 is 0 Å². The minimum absolute atomic E-state index is 0.539. The molecule has 0 fully saturated rings. The van der Waals surface area contributed by atoms with Gasteiger partial charge in [0.1, 0.15) is 12.2 Å².